The minimum absolute atomic E-state index is 0.0133. The predicted octanol–water partition coefficient (Wildman–Crippen LogP) is 3.33. The molecule has 4 fully saturated rings. The highest BCUT2D eigenvalue weighted by Crippen LogP contribution is 2.69. The molecule has 1 N–H and O–H groups in total. The van der Waals surface area contributed by atoms with Crippen molar-refractivity contribution >= 4 is 11.8 Å². The number of thioether (sulfide) groups is 1. The molecule has 2 aromatic heterocycles. The Hall–Kier alpha value is -1.45. The monoisotopic (exact) mass is 445 g/mol. The standard InChI is InChI=1S/C22H35N7OS/c1-15(2)29-19(16-5-6-16)17(11-23-29)18(20-25-26-27-28(20)8-10-31-4)24-22-12-21(13-22,14-22)7-9-30-3/h11,15-16,18,24H,5-10,12-14H2,1-4H3. The number of hydrogen-bond acceptors (Lipinski definition) is 7. The first-order chi connectivity index (χ1) is 15.0. The van der Waals surface area contributed by atoms with Crippen LogP contribution in [0.25, 0.3) is 0 Å². The zero-order valence-corrected chi connectivity index (χ0v) is 20.0. The van der Waals surface area contributed by atoms with E-state index < -0.39 is 0 Å². The minimum Gasteiger partial charge on any atom is -0.385 e. The van der Waals surface area contributed by atoms with Gasteiger partial charge in [-0.05, 0) is 74.5 Å². The highest BCUT2D eigenvalue weighted by Gasteiger charge is 2.67. The van der Waals surface area contributed by atoms with Gasteiger partial charge < -0.3 is 4.74 Å². The highest BCUT2D eigenvalue weighted by molar-refractivity contribution is 7.98. The molecule has 31 heavy (non-hydrogen) atoms. The lowest BCUT2D eigenvalue weighted by molar-refractivity contribution is -0.169. The molecular weight excluding hydrogens is 410 g/mol. The van der Waals surface area contributed by atoms with E-state index in [0.29, 0.717) is 17.4 Å². The zero-order valence-electron chi connectivity index (χ0n) is 19.2. The molecular formula is C22H35N7OS. The second kappa shape index (κ2) is 8.15. The van der Waals surface area contributed by atoms with E-state index in [1.54, 1.807) is 7.11 Å². The summed E-state index contributed by atoms with van der Waals surface area (Å²) in [4.78, 5) is 0. The Morgan fingerprint density at radius 1 is 1.29 bits per heavy atom. The van der Waals surface area contributed by atoms with Gasteiger partial charge in [0.05, 0.1) is 18.8 Å². The smallest absolute Gasteiger partial charge is 0.173 e. The average molecular weight is 446 g/mol. The molecule has 4 aliphatic rings. The molecule has 4 saturated carbocycles. The van der Waals surface area contributed by atoms with Gasteiger partial charge in [-0.1, -0.05) is 0 Å². The number of methoxy groups -OCH3 is 1. The lowest BCUT2D eigenvalue weighted by Gasteiger charge is -2.72. The molecule has 2 heterocycles. The fraction of sp³-hybridized carbons (Fsp3) is 0.818. The summed E-state index contributed by atoms with van der Waals surface area (Å²) in [6.45, 7) is 6.12. The maximum absolute atomic E-state index is 5.34. The van der Waals surface area contributed by atoms with Crippen LogP contribution in [-0.4, -0.2) is 61.3 Å². The quantitative estimate of drug-likeness (QED) is 0.536. The van der Waals surface area contributed by atoms with Crippen LogP contribution in [0.15, 0.2) is 6.20 Å². The summed E-state index contributed by atoms with van der Waals surface area (Å²) >= 11 is 1.82. The summed E-state index contributed by atoms with van der Waals surface area (Å²) in [6.07, 6.45) is 11.5. The maximum atomic E-state index is 5.34. The molecule has 0 amide bonds. The summed E-state index contributed by atoms with van der Waals surface area (Å²) in [5, 5.41) is 21.8. The van der Waals surface area contributed by atoms with E-state index in [9.17, 15) is 0 Å². The van der Waals surface area contributed by atoms with Gasteiger partial charge in [-0.3, -0.25) is 10.00 Å². The number of aromatic nitrogens is 6. The maximum Gasteiger partial charge on any atom is 0.173 e. The fourth-order valence-electron chi connectivity index (χ4n) is 5.88. The van der Waals surface area contributed by atoms with Gasteiger partial charge in [-0.15, -0.1) is 5.10 Å². The number of tetrazole rings is 1. The van der Waals surface area contributed by atoms with E-state index in [2.05, 4.69) is 51.8 Å². The van der Waals surface area contributed by atoms with Crippen LogP contribution < -0.4 is 5.32 Å². The molecule has 6 rings (SSSR count). The van der Waals surface area contributed by atoms with E-state index in [4.69, 9.17) is 9.84 Å². The molecule has 0 aliphatic heterocycles. The van der Waals surface area contributed by atoms with Crippen molar-refractivity contribution in [2.75, 3.05) is 25.7 Å². The molecule has 2 aromatic rings. The second-order valence-electron chi connectivity index (χ2n) is 10.2. The van der Waals surface area contributed by atoms with Crippen LogP contribution in [0.1, 0.15) is 87.5 Å². The van der Waals surface area contributed by atoms with Gasteiger partial charge in [-0.25, -0.2) is 4.68 Å². The number of rotatable bonds is 12. The first-order valence-corrected chi connectivity index (χ1v) is 13.0. The molecule has 0 radical (unpaired) electrons. The molecule has 2 bridgehead atoms. The molecule has 4 aliphatic carbocycles. The summed E-state index contributed by atoms with van der Waals surface area (Å²) in [6, 6.07) is 0.338. The topological polar surface area (TPSA) is 82.7 Å². The van der Waals surface area contributed by atoms with E-state index in [0.717, 1.165) is 24.7 Å². The van der Waals surface area contributed by atoms with E-state index in [-0.39, 0.29) is 11.6 Å². The van der Waals surface area contributed by atoms with Crippen molar-refractivity contribution in [2.45, 2.75) is 82.5 Å². The molecule has 170 valence electrons. The van der Waals surface area contributed by atoms with Crippen molar-refractivity contribution in [1.29, 1.82) is 0 Å². The number of ether oxygens (including phenoxy) is 1. The first kappa shape index (κ1) is 21.4. The van der Waals surface area contributed by atoms with Crippen LogP contribution in [0.4, 0.5) is 0 Å². The van der Waals surface area contributed by atoms with Crippen molar-refractivity contribution < 1.29 is 4.74 Å². The van der Waals surface area contributed by atoms with Crippen LogP contribution >= 0.6 is 11.8 Å². The molecule has 1 unspecified atom stereocenters. The van der Waals surface area contributed by atoms with Gasteiger partial charge >= 0.3 is 0 Å². The van der Waals surface area contributed by atoms with Crippen LogP contribution in [0.3, 0.4) is 0 Å². The van der Waals surface area contributed by atoms with E-state index in [1.165, 1.54) is 49.8 Å². The molecule has 0 aromatic carbocycles. The van der Waals surface area contributed by atoms with Gasteiger partial charge in [0.1, 0.15) is 0 Å². The molecule has 1 atom stereocenters. The molecule has 8 nitrogen and oxygen atoms in total. The third-order valence-corrected chi connectivity index (χ3v) is 7.97. The van der Waals surface area contributed by atoms with Crippen LogP contribution in [0, 0.1) is 5.41 Å². The Morgan fingerprint density at radius 2 is 2.06 bits per heavy atom. The second-order valence-corrected chi connectivity index (χ2v) is 11.2. The summed E-state index contributed by atoms with van der Waals surface area (Å²) in [5.41, 5.74) is 3.34. The number of nitrogens with one attached hydrogen (secondary N) is 1. The van der Waals surface area contributed by atoms with Gasteiger partial charge in [0.25, 0.3) is 0 Å². The van der Waals surface area contributed by atoms with E-state index in [1.807, 2.05) is 16.4 Å². The van der Waals surface area contributed by atoms with Gasteiger partial charge in [0.15, 0.2) is 5.82 Å². The minimum atomic E-state index is -0.0133. The average Bonchev–Trinajstić information content (AvgIpc) is 3.26. The zero-order chi connectivity index (χ0) is 21.6. The largest absolute Gasteiger partial charge is 0.385 e. The number of hydrogen-bond donors (Lipinski definition) is 1. The molecule has 0 saturated heterocycles. The van der Waals surface area contributed by atoms with Gasteiger partial charge in [0.2, 0.25) is 0 Å². The summed E-state index contributed by atoms with van der Waals surface area (Å²) < 4.78 is 9.56. The number of aryl methyl sites for hydroxylation is 1. The Bertz CT molecular complexity index is 899. The van der Waals surface area contributed by atoms with Crippen LogP contribution in [0.5, 0.6) is 0 Å². The Morgan fingerprint density at radius 3 is 2.71 bits per heavy atom. The van der Waals surface area contributed by atoms with Crippen molar-refractivity contribution in [3.05, 3.63) is 23.3 Å². The first-order valence-electron chi connectivity index (χ1n) is 11.6. The van der Waals surface area contributed by atoms with Crippen molar-refractivity contribution in [1.82, 2.24) is 35.3 Å². The van der Waals surface area contributed by atoms with Gasteiger partial charge in [0, 0.05) is 48.2 Å². The third-order valence-electron chi connectivity index (χ3n) is 7.38. The van der Waals surface area contributed by atoms with Crippen molar-refractivity contribution in [2.24, 2.45) is 5.41 Å². The fourth-order valence-corrected chi connectivity index (χ4v) is 6.23. The van der Waals surface area contributed by atoms with Crippen LogP contribution in [0.2, 0.25) is 0 Å². The van der Waals surface area contributed by atoms with Crippen molar-refractivity contribution in [3.8, 4) is 0 Å². The normalized spacial score (nSPS) is 27.9. The predicted molar refractivity (Wildman–Crippen MR) is 121 cm³/mol. The Labute approximate surface area is 188 Å². The highest BCUT2D eigenvalue weighted by atomic mass is 32.2. The van der Waals surface area contributed by atoms with Gasteiger partial charge in [-0.2, -0.15) is 16.9 Å². The number of nitrogens with zero attached hydrogens (tertiary/aromatic N) is 6. The molecule has 0 spiro atoms. The van der Waals surface area contributed by atoms with Crippen LogP contribution in [-0.2, 0) is 11.3 Å². The van der Waals surface area contributed by atoms with E-state index >= 15 is 0 Å². The Balaban J connectivity index is 1.45. The lowest BCUT2D eigenvalue weighted by Crippen LogP contribution is -2.74. The summed E-state index contributed by atoms with van der Waals surface area (Å²) in [7, 11) is 1.80. The van der Waals surface area contributed by atoms with Crippen molar-refractivity contribution in [3.63, 3.8) is 0 Å². The SMILES string of the molecule is COCCC12CC(NC(c3cnn(C(C)C)c3C3CC3)c3nnnn3CCSC)(C1)C2. The summed E-state index contributed by atoms with van der Waals surface area (Å²) in [5.74, 6) is 2.53. The Kier molecular flexibility index (Phi) is 5.63. The third kappa shape index (κ3) is 3.82. The lowest BCUT2D eigenvalue weighted by atomic mass is 9.38. The molecule has 9 heteroatoms.